The Morgan fingerprint density at radius 2 is 2.33 bits per heavy atom. The molecule has 1 aliphatic rings. The van der Waals surface area contributed by atoms with E-state index in [1.165, 1.54) is 22.1 Å². The van der Waals surface area contributed by atoms with Gasteiger partial charge in [0.15, 0.2) is 0 Å². The molecule has 1 aliphatic heterocycles. The Kier molecular flexibility index (Phi) is 4.81. The minimum atomic E-state index is 0.500. The van der Waals surface area contributed by atoms with Crippen molar-refractivity contribution in [3.63, 3.8) is 0 Å². The van der Waals surface area contributed by atoms with Crippen molar-refractivity contribution in [1.82, 2.24) is 0 Å². The van der Waals surface area contributed by atoms with Crippen LogP contribution in [0, 0.1) is 0 Å². The largest absolute Gasteiger partial charge is 0.389 e. The van der Waals surface area contributed by atoms with Gasteiger partial charge in [-0.25, -0.2) is 0 Å². The van der Waals surface area contributed by atoms with Gasteiger partial charge in [0.05, 0.1) is 0 Å². The average molecular weight is 299 g/mol. The summed E-state index contributed by atoms with van der Waals surface area (Å²) in [5.74, 6) is 2.34. The van der Waals surface area contributed by atoms with Crippen LogP contribution in [0.5, 0.6) is 0 Å². The number of hydrogen-bond acceptors (Lipinski definition) is 4. The summed E-state index contributed by atoms with van der Waals surface area (Å²) in [6.07, 6.45) is 2.07. The molecule has 18 heavy (non-hydrogen) atoms. The molecule has 0 amide bonds. The summed E-state index contributed by atoms with van der Waals surface area (Å²) in [6.45, 7) is 3.33. The van der Waals surface area contributed by atoms with Crippen LogP contribution in [0.25, 0.3) is 0 Å². The SMILES string of the molecule is CSc1cccc(N2CCSCC2C)c1C(N)=S. The Labute approximate surface area is 123 Å². The maximum atomic E-state index is 5.93. The van der Waals surface area contributed by atoms with Gasteiger partial charge in [0.1, 0.15) is 4.99 Å². The first-order valence-corrected chi connectivity index (χ1v) is 8.75. The Hall–Kier alpha value is -0.390. The molecule has 1 fully saturated rings. The molecule has 2 nitrogen and oxygen atoms in total. The van der Waals surface area contributed by atoms with Crippen LogP contribution in [-0.2, 0) is 0 Å². The highest BCUT2D eigenvalue weighted by atomic mass is 32.2. The van der Waals surface area contributed by atoms with E-state index in [4.69, 9.17) is 18.0 Å². The maximum Gasteiger partial charge on any atom is 0.107 e. The average Bonchev–Trinajstić information content (AvgIpc) is 2.38. The van der Waals surface area contributed by atoms with E-state index in [1.54, 1.807) is 11.8 Å². The minimum absolute atomic E-state index is 0.500. The van der Waals surface area contributed by atoms with Crippen LogP contribution in [0.1, 0.15) is 12.5 Å². The second-order valence-electron chi connectivity index (χ2n) is 4.34. The van der Waals surface area contributed by atoms with Gasteiger partial charge in [-0.1, -0.05) is 18.3 Å². The number of nitrogens with two attached hydrogens (primary N) is 1. The highest BCUT2D eigenvalue weighted by Gasteiger charge is 2.23. The summed E-state index contributed by atoms with van der Waals surface area (Å²) in [4.78, 5) is 4.11. The fourth-order valence-corrected chi connectivity index (χ4v) is 4.19. The quantitative estimate of drug-likeness (QED) is 0.684. The second-order valence-corrected chi connectivity index (χ2v) is 6.77. The van der Waals surface area contributed by atoms with E-state index in [2.05, 4.69) is 36.3 Å². The number of thioether (sulfide) groups is 2. The predicted molar refractivity (Wildman–Crippen MR) is 88.2 cm³/mol. The second kappa shape index (κ2) is 6.17. The van der Waals surface area contributed by atoms with Gasteiger partial charge in [-0.15, -0.1) is 11.8 Å². The van der Waals surface area contributed by atoms with Crippen LogP contribution in [0.4, 0.5) is 5.69 Å². The summed E-state index contributed by atoms with van der Waals surface area (Å²) >= 11 is 8.96. The maximum absolute atomic E-state index is 5.93. The summed E-state index contributed by atoms with van der Waals surface area (Å²) in [6, 6.07) is 6.86. The van der Waals surface area contributed by atoms with Gasteiger partial charge in [-0.2, -0.15) is 11.8 Å². The van der Waals surface area contributed by atoms with E-state index < -0.39 is 0 Å². The van der Waals surface area contributed by atoms with E-state index in [0.29, 0.717) is 11.0 Å². The van der Waals surface area contributed by atoms with Crippen molar-refractivity contribution in [1.29, 1.82) is 0 Å². The number of rotatable bonds is 3. The molecule has 0 bridgehead atoms. The third kappa shape index (κ3) is 2.78. The number of thiocarbonyl (C=S) groups is 1. The first-order chi connectivity index (χ1) is 8.65. The normalized spacial score (nSPS) is 19.9. The number of nitrogens with zero attached hydrogens (tertiary/aromatic N) is 1. The van der Waals surface area contributed by atoms with E-state index in [0.717, 1.165) is 12.1 Å². The zero-order valence-corrected chi connectivity index (χ0v) is 13.1. The van der Waals surface area contributed by atoms with E-state index in [-0.39, 0.29) is 0 Å². The monoisotopic (exact) mass is 298 g/mol. The van der Waals surface area contributed by atoms with Gasteiger partial charge in [0, 0.05) is 40.2 Å². The van der Waals surface area contributed by atoms with Crippen molar-refractivity contribution >= 4 is 46.4 Å². The molecule has 0 radical (unpaired) electrons. The Balaban J connectivity index is 2.45. The standard InChI is InChI=1S/C13H18N2S3/c1-9-8-18-7-6-15(9)10-4-3-5-11(17-2)12(10)13(14)16/h3-5,9H,6-8H2,1-2H3,(H2,14,16). The number of hydrogen-bond donors (Lipinski definition) is 1. The first-order valence-electron chi connectivity index (χ1n) is 5.96. The van der Waals surface area contributed by atoms with Crippen LogP contribution >= 0.6 is 35.7 Å². The molecule has 2 rings (SSSR count). The lowest BCUT2D eigenvalue weighted by molar-refractivity contribution is 0.698. The van der Waals surface area contributed by atoms with Gasteiger partial charge in [0.2, 0.25) is 0 Å². The zero-order chi connectivity index (χ0) is 13.1. The van der Waals surface area contributed by atoms with E-state index in [9.17, 15) is 0 Å². The van der Waals surface area contributed by atoms with Crippen LogP contribution in [0.15, 0.2) is 23.1 Å². The van der Waals surface area contributed by atoms with Gasteiger partial charge in [0.25, 0.3) is 0 Å². The smallest absolute Gasteiger partial charge is 0.107 e. The van der Waals surface area contributed by atoms with Crippen molar-refractivity contribution in [2.24, 2.45) is 5.73 Å². The third-order valence-corrected chi connectivity index (χ3v) is 5.32. The summed E-state index contributed by atoms with van der Waals surface area (Å²) in [5, 5.41) is 0. The molecule has 1 heterocycles. The first kappa shape index (κ1) is 14.0. The molecule has 1 saturated heterocycles. The molecular weight excluding hydrogens is 280 g/mol. The fourth-order valence-electron chi connectivity index (χ4n) is 2.26. The lowest BCUT2D eigenvalue weighted by Gasteiger charge is -2.36. The van der Waals surface area contributed by atoms with Crippen LogP contribution in [0.2, 0.25) is 0 Å². The molecule has 1 aromatic rings. The van der Waals surface area contributed by atoms with Gasteiger partial charge < -0.3 is 10.6 Å². The zero-order valence-electron chi connectivity index (χ0n) is 10.7. The van der Waals surface area contributed by atoms with Gasteiger partial charge in [-0.05, 0) is 25.3 Å². The molecule has 98 valence electrons. The Morgan fingerprint density at radius 3 is 2.94 bits per heavy atom. The molecule has 5 heteroatoms. The molecule has 1 atom stereocenters. The van der Waals surface area contributed by atoms with E-state index in [1.807, 2.05) is 11.8 Å². The lowest BCUT2D eigenvalue weighted by atomic mass is 10.1. The molecule has 2 N–H and O–H groups in total. The molecule has 0 saturated carbocycles. The molecule has 1 unspecified atom stereocenters. The van der Waals surface area contributed by atoms with Crippen LogP contribution in [0.3, 0.4) is 0 Å². The number of anilines is 1. The van der Waals surface area contributed by atoms with Crippen molar-refractivity contribution in [2.45, 2.75) is 17.9 Å². The van der Waals surface area contributed by atoms with Gasteiger partial charge in [-0.3, -0.25) is 0 Å². The topological polar surface area (TPSA) is 29.3 Å². The Morgan fingerprint density at radius 1 is 1.56 bits per heavy atom. The van der Waals surface area contributed by atoms with Crippen LogP contribution < -0.4 is 10.6 Å². The predicted octanol–water partition coefficient (Wildman–Crippen LogP) is 2.98. The summed E-state index contributed by atoms with van der Waals surface area (Å²) < 4.78 is 0. The lowest BCUT2D eigenvalue weighted by Crippen LogP contribution is -2.41. The van der Waals surface area contributed by atoms with Crippen molar-refractivity contribution in [3.8, 4) is 0 Å². The van der Waals surface area contributed by atoms with E-state index >= 15 is 0 Å². The van der Waals surface area contributed by atoms with Crippen molar-refractivity contribution in [2.75, 3.05) is 29.2 Å². The molecule has 0 aliphatic carbocycles. The van der Waals surface area contributed by atoms with Gasteiger partial charge >= 0.3 is 0 Å². The minimum Gasteiger partial charge on any atom is -0.389 e. The molecule has 0 aromatic heterocycles. The third-order valence-electron chi connectivity index (χ3n) is 3.15. The molecule has 1 aromatic carbocycles. The van der Waals surface area contributed by atoms with Crippen LogP contribution in [-0.4, -0.2) is 35.3 Å². The summed E-state index contributed by atoms with van der Waals surface area (Å²) in [5.41, 5.74) is 8.17. The highest BCUT2D eigenvalue weighted by Crippen LogP contribution is 2.32. The molecular formula is C13H18N2S3. The highest BCUT2D eigenvalue weighted by molar-refractivity contribution is 7.99. The van der Waals surface area contributed by atoms with Crippen molar-refractivity contribution in [3.05, 3.63) is 23.8 Å². The van der Waals surface area contributed by atoms with Crippen molar-refractivity contribution < 1.29 is 0 Å². The Bertz CT molecular complexity index is 448. The summed E-state index contributed by atoms with van der Waals surface area (Å²) in [7, 11) is 0. The molecule has 0 spiro atoms. The number of benzene rings is 1. The fraction of sp³-hybridized carbons (Fsp3) is 0.462.